The molecule has 0 fully saturated rings. The molecule has 1 aromatic rings. The number of benzene rings is 1. The Balaban J connectivity index is 0.00000400. The summed E-state index contributed by atoms with van der Waals surface area (Å²) < 4.78 is 10.3. The number of carbonyl (C=O) groups excluding carboxylic acids is 2. The van der Waals surface area contributed by atoms with Gasteiger partial charge in [0.2, 0.25) is 11.8 Å². The van der Waals surface area contributed by atoms with Gasteiger partial charge in [-0.15, -0.1) is 12.4 Å². The molecule has 0 spiro atoms. The third kappa shape index (κ3) is 6.33. The van der Waals surface area contributed by atoms with E-state index in [-0.39, 0.29) is 37.3 Å². The summed E-state index contributed by atoms with van der Waals surface area (Å²) in [5, 5.41) is 5.06. The molecular formula is C13H20ClN3O4. The van der Waals surface area contributed by atoms with Crippen molar-refractivity contribution in [3.63, 3.8) is 0 Å². The van der Waals surface area contributed by atoms with Crippen LogP contribution in [-0.4, -0.2) is 39.1 Å². The first-order valence-corrected chi connectivity index (χ1v) is 6.05. The van der Waals surface area contributed by atoms with Gasteiger partial charge in [-0.25, -0.2) is 0 Å². The minimum atomic E-state index is -0.373. The van der Waals surface area contributed by atoms with Crippen molar-refractivity contribution in [2.24, 2.45) is 5.73 Å². The van der Waals surface area contributed by atoms with Gasteiger partial charge in [-0.3, -0.25) is 9.59 Å². The molecule has 1 rings (SSSR count). The van der Waals surface area contributed by atoms with E-state index in [0.29, 0.717) is 18.0 Å². The summed E-state index contributed by atoms with van der Waals surface area (Å²) in [6.45, 7) is 0.0541. The molecule has 0 aliphatic rings. The SMILES string of the molecule is COc1ccc(CNC(=O)CNC(=O)CN)c(OC)c1.Cl. The highest BCUT2D eigenvalue weighted by Gasteiger charge is 2.08. The summed E-state index contributed by atoms with van der Waals surface area (Å²) in [7, 11) is 3.11. The summed E-state index contributed by atoms with van der Waals surface area (Å²) >= 11 is 0. The van der Waals surface area contributed by atoms with E-state index in [4.69, 9.17) is 15.2 Å². The van der Waals surface area contributed by atoms with Crippen molar-refractivity contribution in [3.05, 3.63) is 23.8 Å². The molecule has 0 aromatic heterocycles. The van der Waals surface area contributed by atoms with Crippen LogP contribution in [0.25, 0.3) is 0 Å². The maximum absolute atomic E-state index is 11.5. The third-order valence-corrected chi connectivity index (χ3v) is 2.60. The summed E-state index contributed by atoms with van der Waals surface area (Å²) in [6, 6.07) is 5.31. The highest BCUT2D eigenvalue weighted by molar-refractivity contribution is 5.85. The van der Waals surface area contributed by atoms with E-state index in [1.54, 1.807) is 32.4 Å². The number of hydrogen-bond acceptors (Lipinski definition) is 5. The second-order valence-electron chi connectivity index (χ2n) is 3.94. The molecular weight excluding hydrogens is 298 g/mol. The standard InChI is InChI=1S/C13H19N3O4.ClH/c1-19-10-4-3-9(11(5-10)20-2)7-15-13(18)8-16-12(17)6-14;/h3-5H,6-8,14H2,1-2H3,(H,15,18)(H,16,17);1H. The van der Waals surface area contributed by atoms with Crippen LogP contribution in [0.1, 0.15) is 5.56 Å². The zero-order valence-corrected chi connectivity index (χ0v) is 12.8. The first-order chi connectivity index (χ1) is 9.60. The van der Waals surface area contributed by atoms with Crippen LogP contribution in [0.2, 0.25) is 0 Å². The molecule has 0 aliphatic carbocycles. The van der Waals surface area contributed by atoms with E-state index >= 15 is 0 Å². The molecule has 1 aromatic carbocycles. The Morgan fingerprint density at radius 3 is 2.43 bits per heavy atom. The van der Waals surface area contributed by atoms with Gasteiger partial charge in [-0.2, -0.15) is 0 Å². The van der Waals surface area contributed by atoms with Crippen molar-refractivity contribution in [2.45, 2.75) is 6.54 Å². The number of hydrogen-bond donors (Lipinski definition) is 3. The van der Waals surface area contributed by atoms with E-state index in [1.165, 1.54) is 0 Å². The number of carbonyl (C=O) groups is 2. The maximum Gasteiger partial charge on any atom is 0.239 e. The van der Waals surface area contributed by atoms with Crippen molar-refractivity contribution < 1.29 is 19.1 Å². The summed E-state index contributed by atoms with van der Waals surface area (Å²) in [5.74, 6) is 0.620. The fourth-order valence-corrected chi connectivity index (χ4v) is 1.51. The van der Waals surface area contributed by atoms with E-state index in [9.17, 15) is 9.59 Å². The normalized spacial score (nSPS) is 9.29. The predicted octanol–water partition coefficient (Wildman–Crippen LogP) is -0.183. The molecule has 7 nitrogen and oxygen atoms in total. The molecule has 0 heterocycles. The number of ether oxygens (including phenoxy) is 2. The van der Waals surface area contributed by atoms with Gasteiger partial charge in [0, 0.05) is 18.2 Å². The van der Waals surface area contributed by atoms with E-state index in [2.05, 4.69) is 10.6 Å². The Kier molecular flexibility index (Phi) is 8.91. The number of methoxy groups -OCH3 is 2. The van der Waals surface area contributed by atoms with Crippen molar-refractivity contribution in [1.82, 2.24) is 10.6 Å². The quantitative estimate of drug-likeness (QED) is 0.647. The predicted molar refractivity (Wildman–Crippen MR) is 80.7 cm³/mol. The zero-order chi connectivity index (χ0) is 15.0. The topological polar surface area (TPSA) is 103 Å². The van der Waals surface area contributed by atoms with Crippen LogP contribution < -0.4 is 25.8 Å². The smallest absolute Gasteiger partial charge is 0.239 e. The minimum absolute atomic E-state index is 0. The average Bonchev–Trinajstić information content (AvgIpc) is 2.50. The van der Waals surface area contributed by atoms with Gasteiger partial charge in [0.25, 0.3) is 0 Å². The van der Waals surface area contributed by atoms with Gasteiger partial charge in [0.15, 0.2) is 0 Å². The molecule has 0 saturated heterocycles. The van der Waals surface area contributed by atoms with Crippen molar-refractivity contribution in [2.75, 3.05) is 27.3 Å². The Bertz CT molecular complexity index is 482. The average molecular weight is 318 g/mol. The van der Waals surface area contributed by atoms with Gasteiger partial charge in [0.05, 0.1) is 27.3 Å². The van der Waals surface area contributed by atoms with Crippen LogP contribution in [0, 0.1) is 0 Å². The molecule has 0 unspecified atom stereocenters. The Hall–Kier alpha value is -1.99. The number of rotatable bonds is 7. The summed E-state index contributed by atoms with van der Waals surface area (Å²) in [5.41, 5.74) is 5.93. The molecule has 2 amide bonds. The van der Waals surface area contributed by atoms with Crippen molar-refractivity contribution in [1.29, 1.82) is 0 Å². The van der Waals surface area contributed by atoms with Gasteiger partial charge in [-0.05, 0) is 12.1 Å². The number of halogens is 1. The fourth-order valence-electron chi connectivity index (χ4n) is 1.51. The van der Waals surface area contributed by atoms with Gasteiger partial charge < -0.3 is 25.8 Å². The van der Waals surface area contributed by atoms with Crippen LogP contribution in [-0.2, 0) is 16.1 Å². The lowest BCUT2D eigenvalue weighted by Crippen LogP contribution is -2.39. The molecule has 0 saturated carbocycles. The third-order valence-electron chi connectivity index (χ3n) is 2.60. The zero-order valence-electron chi connectivity index (χ0n) is 12.0. The van der Waals surface area contributed by atoms with Gasteiger partial charge >= 0.3 is 0 Å². The molecule has 21 heavy (non-hydrogen) atoms. The Labute approximate surface area is 129 Å². The molecule has 0 atom stereocenters. The molecule has 4 N–H and O–H groups in total. The number of nitrogens with two attached hydrogens (primary N) is 1. The lowest BCUT2D eigenvalue weighted by Gasteiger charge is -2.11. The van der Waals surface area contributed by atoms with E-state index in [1.807, 2.05) is 0 Å². The number of nitrogens with one attached hydrogen (secondary N) is 2. The first-order valence-electron chi connectivity index (χ1n) is 6.05. The fraction of sp³-hybridized carbons (Fsp3) is 0.385. The molecule has 0 aliphatic heterocycles. The monoisotopic (exact) mass is 317 g/mol. The molecule has 0 radical (unpaired) electrons. The largest absolute Gasteiger partial charge is 0.497 e. The van der Waals surface area contributed by atoms with E-state index < -0.39 is 0 Å². The van der Waals surface area contributed by atoms with E-state index in [0.717, 1.165) is 5.56 Å². The summed E-state index contributed by atoms with van der Waals surface area (Å²) in [4.78, 5) is 22.4. The molecule has 8 heteroatoms. The Morgan fingerprint density at radius 2 is 1.86 bits per heavy atom. The lowest BCUT2D eigenvalue weighted by atomic mass is 10.2. The minimum Gasteiger partial charge on any atom is -0.497 e. The van der Waals surface area contributed by atoms with Crippen molar-refractivity contribution >= 4 is 24.2 Å². The molecule has 0 bridgehead atoms. The highest BCUT2D eigenvalue weighted by atomic mass is 35.5. The Morgan fingerprint density at radius 1 is 1.14 bits per heavy atom. The lowest BCUT2D eigenvalue weighted by molar-refractivity contribution is -0.125. The van der Waals surface area contributed by atoms with Gasteiger partial charge in [0.1, 0.15) is 11.5 Å². The van der Waals surface area contributed by atoms with Crippen LogP contribution in [0.5, 0.6) is 11.5 Å². The van der Waals surface area contributed by atoms with Crippen LogP contribution in [0.4, 0.5) is 0 Å². The van der Waals surface area contributed by atoms with Crippen LogP contribution in [0.3, 0.4) is 0 Å². The second kappa shape index (κ2) is 9.84. The van der Waals surface area contributed by atoms with Gasteiger partial charge in [-0.1, -0.05) is 0 Å². The second-order valence-corrected chi connectivity index (χ2v) is 3.94. The highest BCUT2D eigenvalue weighted by Crippen LogP contribution is 2.24. The first kappa shape index (κ1) is 19.0. The molecule has 118 valence electrons. The number of amides is 2. The van der Waals surface area contributed by atoms with Crippen LogP contribution >= 0.6 is 12.4 Å². The maximum atomic E-state index is 11.5. The summed E-state index contributed by atoms with van der Waals surface area (Å²) in [6.07, 6.45) is 0. The van der Waals surface area contributed by atoms with Crippen LogP contribution in [0.15, 0.2) is 18.2 Å². The van der Waals surface area contributed by atoms with Crippen molar-refractivity contribution in [3.8, 4) is 11.5 Å².